The molecule has 2 aromatic heterocycles. The van der Waals surface area contributed by atoms with Crippen LogP contribution in [0.4, 0.5) is 11.4 Å². The second-order valence-corrected chi connectivity index (χ2v) is 13.3. The summed E-state index contributed by atoms with van der Waals surface area (Å²) in [5.41, 5.74) is 2.07. The Morgan fingerprint density at radius 2 is 1.50 bits per heavy atom. The van der Waals surface area contributed by atoms with E-state index in [-0.39, 0.29) is 46.2 Å². The Morgan fingerprint density at radius 3 is 2.25 bits per heavy atom. The number of hydrogen-bond donors (Lipinski definition) is 4. The number of H-pyrrole nitrogens is 2. The summed E-state index contributed by atoms with van der Waals surface area (Å²) in [7, 11) is 3.04. The summed E-state index contributed by atoms with van der Waals surface area (Å²) in [6.07, 6.45) is -0.531. The number of anilines is 2. The smallest absolute Gasteiger partial charge is 0.259 e. The second kappa shape index (κ2) is 15.1. The van der Waals surface area contributed by atoms with Gasteiger partial charge in [-0.1, -0.05) is 41.7 Å². The van der Waals surface area contributed by atoms with Gasteiger partial charge in [-0.2, -0.15) is 0 Å². The summed E-state index contributed by atoms with van der Waals surface area (Å²) in [5, 5.41) is 7.12. The fourth-order valence-corrected chi connectivity index (χ4v) is 6.74. The first-order valence-corrected chi connectivity index (χ1v) is 17.8. The van der Waals surface area contributed by atoms with Crippen LogP contribution in [0.2, 0.25) is 0 Å². The average molecular weight is 739 g/mol. The van der Waals surface area contributed by atoms with E-state index in [9.17, 15) is 19.2 Å². The zero-order chi connectivity index (χ0) is 36.2. The van der Waals surface area contributed by atoms with Gasteiger partial charge in [0.25, 0.3) is 11.1 Å². The first-order valence-electron chi connectivity index (χ1n) is 15.8. The Balaban J connectivity index is 0.991. The van der Waals surface area contributed by atoms with Crippen molar-refractivity contribution in [2.24, 2.45) is 0 Å². The van der Waals surface area contributed by atoms with Gasteiger partial charge in [-0.3, -0.25) is 19.2 Å². The van der Waals surface area contributed by atoms with Crippen molar-refractivity contribution in [1.82, 2.24) is 19.9 Å². The van der Waals surface area contributed by atoms with Crippen molar-refractivity contribution in [3.8, 4) is 23.0 Å². The summed E-state index contributed by atoms with van der Waals surface area (Å²) in [5.74, 6) is 1.37. The van der Waals surface area contributed by atoms with Crippen LogP contribution < -0.4 is 40.7 Å². The summed E-state index contributed by atoms with van der Waals surface area (Å²) >= 11 is 2.20. The third-order valence-corrected chi connectivity index (χ3v) is 9.67. The van der Waals surface area contributed by atoms with Crippen LogP contribution in [0.3, 0.4) is 0 Å². The molecule has 52 heavy (non-hydrogen) atoms. The number of nitrogens with zero attached hydrogens (tertiary/aromatic N) is 2. The van der Waals surface area contributed by atoms with E-state index in [0.29, 0.717) is 61.3 Å². The van der Waals surface area contributed by atoms with E-state index in [4.69, 9.17) is 18.9 Å². The number of para-hydroxylation sites is 1. The maximum atomic E-state index is 12.9. The lowest BCUT2D eigenvalue weighted by molar-refractivity contribution is -0.114. The molecule has 0 fully saturated rings. The van der Waals surface area contributed by atoms with Gasteiger partial charge in [0.1, 0.15) is 18.1 Å². The quantitative estimate of drug-likeness (QED) is 0.101. The van der Waals surface area contributed by atoms with Gasteiger partial charge < -0.3 is 39.5 Å². The van der Waals surface area contributed by atoms with Crippen LogP contribution in [0.1, 0.15) is 11.7 Å². The van der Waals surface area contributed by atoms with Crippen molar-refractivity contribution in [1.29, 1.82) is 0 Å². The van der Waals surface area contributed by atoms with Gasteiger partial charge >= 0.3 is 0 Å². The minimum absolute atomic E-state index is 0.0168. The van der Waals surface area contributed by atoms with E-state index >= 15 is 0 Å². The minimum Gasteiger partial charge on any atom is -0.497 e. The lowest BCUT2D eigenvalue weighted by Crippen LogP contribution is -2.22. The fraction of sp³-hybridized carbons (Fsp3) is 0.167. The first-order chi connectivity index (χ1) is 25.3. The van der Waals surface area contributed by atoms with Gasteiger partial charge in [-0.25, -0.2) is 9.97 Å². The van der Waals surface area contributed by atoms with E-state index in [2.05, 4.69) is 30.6 Å². The van der Waals surface area contributed by atoms with Gasteiger partial charge in [0.15, 0.2) is 27.9 Å². The molecule has 3 heterocycles. The standard InChI is InChI=1S/C36H30N6O8S2/c1-47-21-9-11-25(28(15-21)48-2)38-32(44)18-52-36-40-26-13-19(7-10-23(26)34(46)42-36)30-16-49-27-12-8-20(14-29(27)50-30)37-31(43)17-51-35-39-24-6-4-3-5-22(24)33(45)41-35/h3-15,30H,16-18H2,1-2H3,(H,37,43)(H,38,44)(H,39,41,45)(H,40,42,46). The number of aromatic nitrogens is 4. The van der Waals surface area contributed by atoms with Crippen LogP contribution in [-0.2, 0) is 9.59 Å². The molecule has 6 aromatic rings. The normalized spacial score (nSPS) is 13.5. The molecule has 4 N–H and O–H groups in total. The van der Waals surface area contributed by atoms with Crippen molar-refractivity contribution in [3.05, 3.63) is 105 Å². The molecule has 0 saturated heterocycles. The third kappa shape index (κ3) is 7.67. The summed E-state index contributed by atoms with van der Waals surface area (Å²) < 4.78 is 22.8. The Hall–Kier alpha value is -6.00. The lowest BCUT2D eigenvalue weighted by Gasteiger charge is -2.27. The van der Waals surface area contributed by atoms with Crippen LogP contribution >= 0.6 is 23.5 Å². The minimum atomic E-state index is -0.531. The highest BCUT2D eigenvalue weighted by Crippen LogP contribution is 2.39. The highest BCUT2D eigenvalue weighted by Gasteiger charge is 2.24. The molecule has 0 radical (unpaired) electrons. The van der Waals surface area contributed by atoms with Crippen LogP contribution in [0.5, 0.6) is 23.0 Å². The Morgan fingerprint density at radius 1 is 0.788 bits per heavy atom. The zero-order valence-corrected chi connectivity index (χ0v) is 29.3. The molecular formula is C36H30N6O8S2. The fourth-order valence-electron chi connectivity index (χ4n) is 5.40. The second-order valence-electron chi connectivity index (χ2n) is 11.4. The van der Waals surface area contributed by atoms with Gasteiger partial charge in [0.05, 0.1) is 53.2 Å². The van der Waals surface area contributed by atoms with Crippen molar-refractivity contribution >= 4 is 68.5 Å². The van der Waals surface area contributed by atoms with E-state index in [1.165, 1.54) is 14.2 Å². The number of benzene rings is 4. The zero-order valence-electron chi connectivity index (χ0n) is 27.7. The monoisotopic (exact) mass is 738 g/mol. The third-order valence-electron chi connectivity index (χ3n) is 7.92. The molecule has 1 aliphatic heterocycles. The molecule has 7 rings (SSSR count). The number of carbonyl (C=O) groups is 2. The first kappa shape index (κ1) is 34.4. The molecule has 1 aliphatic rings. The number of ether oxygens (including phenoxy) is 4. The predicted molar refractivity (Wildman–Crippen MR) is 198 cm³/mol. The predicted octanol–water partition coefficient (Wildman–Crippen LogP) is 5.15. The maximum Gasteiger partial charge on any atom is 0.259 e. The molecule has 0 spiro atoms. The number of aromatic amines is 2. The molecule has 1 unspecified atom stereocenters. The van der Waals surface area contributed by atoms with Crippen LogP contribution in [-0.4, -0.2) is 64.1 Å². The van der Waals surface area contributed by atoms with Crippen molar-refractivity contribution < 1.29 is 28.5 Å². The van der Waals surface area contributed by atoms with E-state index in [1.807, 2.05) is 0 Å². The molecule has 14 nitrogen and oxygen atoms in total. The molecule has 0 aliphatic carbocycles. The van der Waals surface area contributed by atoms with Crippen LogP contribution in [0.15, 0.2) is 98.8 Å². The Labute approximate surface area is 303 Å². The molecule has 16 heteroatoms. The molecule has 4 aromatic carbocycles. The number of nitrogens with one attached hydrogen (secondary N) is 4. The van der Waals surface area contributed by atoms with Gasteiger partial charge in [0.2, 0.25) is 11.8 Å². The van der Waals surface area contributed by atoms with Crippen molar-refractivity contribution in [3.63, 3.8) is 0 Å². The molecular weight excluding hydrogens is 709 g/mol. The molecule has 0 bridgehead atoms. The van der Waals surface area contributed by atoms with E-state index in [0.717, 1.165) is 29.1 Å². The number of fused-ring (bicyclic) bond motifs is 3. The number of amides is 2. The number of methoxy groups -OCH3 is 2. The van der Waals surface area contributed by atoms with Crippen molar-refractivity contribution in [2.75, 3.05) is 43.0 Å². The average Bonchev–Trinajstić information content (AvgIpc) is 3.16. The number of rotatable bonds is 11. The van der Waals surface area contributed by atoms with Gasteiger partial charge in [-0.05, 0) is 54.1 Å². The molecule has 0 saturated carbocycles. The van der Waals surface area contributed by atoms with Crippen LogP contribution in [0, 0.1) is 0 Å². The Kier molecular flexibility index (Phi) is 9.99. The topological polar surface area (TPSA) is 187 Å². The van der Waals surface area contributed by atoms with Gasteiger partial charge in [0, 0.05) is 17.8 Å². The summed E-state index contributed by atoms with van der Waals surface area (Å²) in [6.45, 7) is 0.206. The summed E-state index contributed by atoms with van der Waals surface area (Å²) in [4.78, 5) is 65.2. The maximum absolute atomic E-state index is 12.9. The van der Waals surface area contributed by atoms with Crippen molar-refractivity contribution in [2.45, 2.75) is 16.4 Å². The van der Waals surface area contributed by atoms with E-state index in [1.54, 1.807) is 78.9 Å². The van der Waals surface area contributed by atoms with Crippen LogP contribution in [0.25, 0.3) is 21.8 Å². The molecule has 1 atom stereocenters. The number of carbonyl (C=O) groups excluding carboxylic acids is 2. The van der Waals surface area contributed by atoms with E-state index < -0.39 is 6.10 Å². The highest BCUT2D eigenvalue weighted by atomic mass is 32.2. The lowest BCUT2D eigenvalue weighted by atomic mass is 10.1. The molecule has 2 amide bonds. The molecule has 264 valence electrons. The SMILES string of the molecule is COc1ccc(NC(=O)CSc2nc3cc(C4COc5ccc(NC(=O)CSc6nc7ccccc7c(=O)[nH]6)cc5O4)ccc3c(=O)[nH]2)c(OC)c1. The number of hydrogen-bond acceptors (Lipinski definition) is 12. The van der Waals surface area contributed by atoms with Gasteiger partial charge in [-0.15, -0.1) is 0 Å². The largest absolute Gasteiger partial charge is 0.497 e. The Bertz CT molecular complexity index is 2450. The summed E-state index contributed by atoms with van der Waals surface area (Å²) in [6, 6.07) is 22.3. The number of thioether (sulfide) groups is 2. The highest BCUT2D eigenvalue weighted by molar-refractivity contribution is 8.00.